The van der Waals surface area contributed by atoms with Crippen LogP contribution >= 0.6 is 12.4 Å². The van der Waals surface area contributed by atoms with Crippen LogP contribution in [0.15, 0.2) is 0 Å². The number of amides is 1. The summed E-state index contributed by atoms with van der Waals surface area (Å²) in [6.45, 7) is 0.957. The molecular weight excluding hydrogens is 138 g/mol. The number of carbonyl (C=O) groups is 1. The van der Waals surface area contributed by atoms with Crippen molar-refractivity contribution in [2.75, 3.05) is 13.6 Å². The zero-order valence-electron chi connectivity index (χ0n) is 5.59. The van der Waals surface area contributed by atoms with Gasteiger partial charge in [-0.25, -0.2) is 0 Å². The maximum absolute atomic E-state index is 10.7. The monoisotopic (exact) mass is 149 g/mol. The number of carbonyl (C=O) groups excluding carboxylic acids is 1. The summed E-state index contributed by atoms with van der Waals surface area (Å²) >= 11 is 0. The number of piperidine rings is 1. The van der Waals surface area contributed by atoms with Crippen LogP contribution in [0.2, 0.25) is 0 Å². The van der Waals surface area contributed by atoms with Gasteiger partial charge in [0.1, 0.15) is 0 Å². The Bertz CT molecular complexity index is 105. The van der Waals surface area contributed by atoms with Crippen molar-refractivity contribution in [3.8, 4) is 0 Å². The third-order valence-electron chi connectivity index (χ3n) is 1.56. The molecule has 1 fully saturated rings. The summed E-state index contributed by atoms with van der Waals surface area (Å²) in [5.74, 6) is 0.302. The molecule has 1 aliphatic rings. The molecule has 54 valence electrons. The highest BCUT2D eigenvalue weighted by Crippen LogP contribution is 2.06. The Morgan fingerprint density at radius 2 is 2.11 bits per heavy atom. The topological polar surface area (TPSA) is 20.3 Å². The molecule has 0 unspecified atom stereocenters. The first-order chi connectivity index (χ1) is 3.80. The Hall–Kier alpha value is -0.240. The number of rotatable bonds is 0. The lowest BCUT2D eigenvalue weighted by molar-refractivity contribution is -0.131. The molecular formula is C6H12ClNO. The van der Waals surface area contributed by atoms with Gasteiger partial charge in [0.05, 0.1) is 0 Å². The van der Waals surface area contributed by atoms with Crippen LogP contribution in [0.1, 0.15) is 19.3 Å². The van der Waals surface area contributed by atoms with Crippen molar-refractivity contribution in [3.05, 3.63) is 0 Å². The summed E-state index contributed by atoms with van der Waals surface area (Å²) in [5.41, 5.74) is 0. The average Bonchev–Trinajstić information content (AvgIpc) is 1.77. The Morgan fingerprint density at radius 1 is 1.44 bits per heavy atom. The largest absolute Gasteiger partial charge is 0.346 e. The minimum Gasteiger partial charge on any atom is -0.346 e. The molecule has 0 aromatic heterocycles. The van der Waals surface area contributed by atoms with E-state index in [0.29, 0.717) is 5.91 Å². The van der Waals surface area contributed by atoms with E-state index in [1.165, 1.54) is 6.42 Å². The molecule has 0 aromatic carbocycles. The SMILES string of the molecule is CN1CCCCC1=O.Cl. The average molecular weight is 150 g/mol. The van der Waals surface area contributed by atoms with Crippen LogP contribution in [0.25, 0.3) is 0 Å². The highest BCUT2D eigenvalue weighted by atomic mass is 35.5. The van der Waals surface area contributed by atoms with Gasteiger partial charge in [-0.2, -0.15) is 0 Å². The van der Waals surface area contributed by atoms with E-state index in [0.717, 1.165) is 19.4 Å². The van der Waals surface area contributed by atoms with Gasteiger partial charge in [0.2, 0.25) is 5.91 Å². The first-order valence-electron chi connectivity index (χ1n) is 3.04. The molecule has 0 aromatic rings. The van der Waals surface area contributed by atoms with Crippen LogP contribution in [0.4, 0.5) is 0 Å². The van der Waals surface area contributed by atoms with Gasteiger partial charge in [-0.05, 0) is 12.8 Å². The Labute approximate surface area is 61.6 Å². The maximum atomic E-state index is 10.7. The Kier molecular flexibility index (Phi) is 3.62. The van der Waals surface area contributed by atoms with E-state index < -0.39 is 0 Å². The molecule has 2 nitrogen and oxygen atoms in total. The number of halogens is 1. The van der Waals surface area contributed by atoms with E-state index in [1.54, 1.807) is 4.90 Å². The normalized spacial score (nSPS) is 19.2. The van der Waals surface area contributed by atoms with E-state index >= 15 is 0 Å². The van der Waals surface area contributed by atoms with Crippen LogP contribution in [0.5, 0.6) is 0 Å². The van der Waals surface area contributed by atoms with Gasteiger partial charge in [0.25, 0.3) is 0 Å². The summed E-state index contributed by atoms with van der Waals surface area (Å²) in [7, 11) is 1.86. The van der Waals surface area contributed by atoms with Crippen LogP contribution in [0, 0.1) is 0 Å². The standard InChI is InChI=1S/C6H11NO.ClH/c1-7-5-3-2-4-6(7)8;/h2-5H2,1H3;1H. The quantitative estimate of drug-likeness (QED) is 0.504. The molecule has 1 heterocycles. The van der Waals surface area contributed by atoms with Crippen LogP contribution < -0.4 is 0 Å². The molecule has 0 aliphatic carbocycles. The van der Waals surface area contributed by atoms with E-state index in [2.05, 4.69) is 0 Å². The fraction of sp³-hybridized carbons (Fsp3) is 0.833. The zero-order valence-corrected chi connectivity index (χ0v) is 6.41. The second-order valence-corrected chi connectivity index (χ2v) is 2.27. The molecule has 9 heavy (non-hydrogen) atoms. The molecule has 1 rings (SSSR count). The lowest BCUT2D eigenvalue weighted by Crippen LogP contribution is -2.31. The summed E-state index contributed by atoms with van der Waals surface area (Å²) in [4.78, 5) is 12.5. The molecule has 0 radical (unpaired) electrons. The van der Waals surface area contributed by atoms with Crippen molar-refractivity contribution < 1.29 is 4.79 Å². The van der Waals surface area contributed by atoms with Crippen molar-refractivity contribution in [2.24, 2.45) is 0 Å². The second-order valence-electron chi connectivity index (χ2n) is 2.27. The molecule has 0 spiro atoms. The summed E-state index contributed by atoms with van der Waals surface area (Å²) < 4.78 is 0. The van der Waals surface area contributed by atoms with Gasteiger partial charge in [0.15, 0.2) is 0 Å². The van der Waals surface area contributed by atoms with Gasteiger partial charge < -0.3 is 4.90 Å². The highest BCUT2D eigenvalue weighted by Gasteiger charge is 2.12. The lowest BCUT2D eigenvalue weighted by atomic mass is 10.1. The smallest absolute Gasteiger partial charge is 0.222 e. The molecule has 1 aliphatic heterocycles. The summed E-state index contributed by atoms with van der Waals surface area (Å²) in [6, 6.07) is 0. The predicted octanol–water partition coefficient (Wildman–Crippen LogP) is 1.05. The first kappa shape index (κ1) is 8.76. The first-order valence-corrected chi connectivity index (χ1v) is 3.04. The molecule has 1 amide bonds. The number of nitrogens with zero attached hydrogens (tertiary/aromatic N) is 1. The fourth-order valence-electron chi connectivity index (χ4n) is 0.941. The van der Waals surface area contributed by atoms with Crippen LogP contribution in [-0.2, 0) is 4.79 Å². The van der Waals surface area contributed by atoms with Crippen molar-refractivity contribution in [1.29, 1.82) is 0 Å². The number of hydrogen-bond donors (Lipinski definition) is 0. The van der Waals surface area contributed by atoms with Crippen molar-refractivity contribution in [2.45, 2.75) is 19.3 Å². The predicted molar refractivity (Wildman–Crippen MR) is 38.7 cm³/mol. The highest BCUT2D eigenvalue weighted by molar-refractivity contribution is 5.85. The van der Waals surface area contributed by atoms with Gasteiger partial charge >= 0.3 is 0 Å². The molecule has 1 saturated heterocycles. The van der Waals surface area contributed by atoms with Gasteiger partial charge in [-0.3, -0.25) is 4.79 Å². The van der Waals surface area contributed by atoms with Gasteiger partial charge in [-0.15, -0.1) is 12.4 Å². The summed E-state index contributed by atoms with van der Waals surface area (Å²) in [6.07, 6.45) is 3.03. The van der Waals surface area contributed by atoms with Crippen molar-refractivity contribution >= 4 is 18.3 Å². The lowest BCUT2D eigenvalue weighted by Gasteiger charge is -2.21. The molecule has 3 heteroatoms. The van der Waals surface area contributed by atoms with E-state index in [4.69, 9.17) is 0 Å². The molecule has 0 saturated carbocycles. The van der Waals surface area contributed by atoms with Gasteiger partial charge in [-0.1, -0.05) is 0 Å². The van der Waals surface area contributed by atoms with E-state index in [-0.39, 0.29) is 12.4 Å². The minimum atomic E-state index is 0. The van der Waals surface area contributed by atoms with E-state index in [1.807, 2.05) is 7.05 Å². The van der Waals surface area contributed by atoms with Crippen molar-refractivity contribution in [1.82, 2.24) is 4.90 Å². The fourth-order valence-corrected chi connectivity index (χ4v) is 0.941. The minimum absolute atomic E-state index is 0. The number of hydrogen-bond acceptors (Lipinski definition) is 1. The summed E-state index contributed by atoms with van der Waals surface area (Å²) in [5, 5.41) is 0. The van der Waals surface area contributed by atoms with Crippen LogP contribution in [0.3, 0.4) is 0 Å². The Morgan fingerprint density at radius 3 is 2.44 bits per heavy atom. The van der Waals surface area contributed by atoms with Crippen LogP contribution in [-0.4, -0.2) is 24.4 Å². The number of likely N-dealkylation sites (tertiary alicyclic amines) is 1. The Balaban J connectivity index is 0.000000640. The third kappa shape index (κ3) is 2.22. The molecule has 0 bridgehead atoms. The van der Waals surface area contributed by atoms with Crippen molar-refractivity contribution in [3.63, 3.8) is 0 Å². The molecule has 0 atom stereocenters. The van der Waals surface area contributed by atoms with Gasteiger partial charge in [0, 0.05) is 20.0 Å². The zero-order chi connectivity index (χ0) is 5.98. The maximum Gasteiger partial charge on any atom is 0.222 e. The second kappa shape index (κ2) is 3.72. The third-order valence-corrected chi connectivity index (χ3v) is 1.56. The molecule has 0 N–H and O–H groups in total. The van der Waals surface area contributed by atoms with E-state index in [9.17, 15) is 4.79 Å².